The van der Waals surface area contributed by atoms with Crippen molar-refractivity contribution in [1.29, 1.82) is 0 Å². The van der Waals surface area contributed by atoms with Gasteiger partial charge in [-0.05, 0) is 24.6 Å². The number of aromatic nitrogens is 2. The summed E-state index contributed by atoms with van der Waals surface area (Å²) in [5, 5.41) is 0. The van der Waals surface area contributed by atoms with Crippen LogP contribution in [-0.2, 0) is 26.7 Å². The van der Waals surface area contributed by atoms with Crippen molar-refractivity contribution in [3.8, 4) is 5.75 Å². The Balaban J connectivity index is 1.69. The van der Waals surface area contributed by atoms with E-state index in [1.165, 1.54) is 0 Å². The molecule has 128 valence electrons. The Hall–Kier alpha value is -1.99. The highest BCUT2D eigenvalue weighted by Crippen LogP contribution is 2.34. The average molecular weight is 348 g/mol. The normalized spacial score (nSPS) is 16.6. The molecule has 2 aromatic rings. The SMILES string of the molecule is CCOCCS(=O)(=O)Cc1ccnc(C2Cc3ccccc3O2)n1. The van der Waals surface area contributed by atoms with Crippen molar-refractivity contribution in [1.82, 2.24) is 9.97 Å². The third kappa shape index (κ3) is 4.10. The summed E-state index contributed by atoms with van der Waals surface area (Å²) in [5.74, 6) is 1.23. The van der Waals surface area contributed by atoms with Gasteiger partial charge >= 0.3 is 0 Å². The number of sulfone groups is 1. The minimum atomic E-state index is -3.26. The van der Waals surface area contributed by atoms with E-state index >= 15 is 0 Å². The predicted molar refractivity (Wildman–Crippen MR) is 89.5 cm³/mol. The Bertz CT molecular complexity index is 783. The van der Waals surface area contributed by atoms with E-state index < -0.39 is 9.84 Å². The minimum Gasteiger partial charge on any atom is -0.482 e. The van der Waals surface area contributed by atoms with E-state index in [2.05, 4.69) is 9.97 Å². The van der Waals surface area contributed by atoms with Gasteiger partial charge in [0, 0.05) is 19.2 Å². The van der Waals surface area contributed by atoms with Gasteiger partial charge in [-0.3, -0.25) is 0 Å². The lowest BCUT2D eigenvalue weighted by Gasteiger charge is -2.10. The zero-order valence-corrected chi connectivity index (χ0v) is 14.3. The zero-order valence-electron chi connectivity index (χ0n) is 13.5. The second-order valence-electron chi connectivity index (χ2n) is 5.61. The van der Waals surface area contributed by atoms with Gasteiger partial charge in [0.15, 0.2) is 21.8 Å². The quantitative estimate of drug-likeness (QED) is 0.713. The first kappa shape index (κ1) is 16.9. The van der Waals surface area contributed by atoms with Gasteiger partial charge in [0.1, 0.15) is 5.75 Å². The number of hydrogen-bond acceptors (Lipinski definition) is 6. The van der Waals surface area contributed by atoms with Crippen molar-refractivity contribution in [2.45, 2.75) is 25.2 Å². The molecule has 0 radical (unpaired) electrons. The lowest BCUT2D eigenvalue weighted by atomic mass is 10.1. The van der Waals surface area contributed by atoms with E-state index in [0.29, 0.717) is 24.5 Å². The van der Waals surface area contributed by atoms with Gasteiger partial charge in [-0.1, -0.05) is 18.2 Å². The van der Waals surface area contributed by atoms with Crippen LogP contribution in [0, 0.1) is 0 Å². The molecule has 1 aromatic heterocycles. The van der Waals surface area contributed by atoms with Crippen LogP contribution >= 0.6 is 0 Å². The van der Waals surface area contributed by atoms with Crippen molar-refractivity contribution in [2.75, 3.05) is 19.0 Å². The maximum absolute atomic E-state index is 12.1. The second kappa shape index (κ2) is 7.27. The summed E-state index contributed by atoms with van der Waals surface area (Å²) < 4.78 is 35.2. The summed E-state index contributed by atoms with van der Waals surface area (Å²) >= 11 is 0. The molecule has 2 heterocycles. The van der Waals surface area contributed by atoms with Crippen LogP contribution < -0.4 is 4.74 Å². The van der Waals surface area contributed by atoms with Gasteiger partial charge in [-0.2, -0.15) is 0 Å². The predicted octanol–water partition coefficient (Wildman–Crippen LogP) is 2.10. The van der Waals surface area contributed by atoms with E-state index in [1.54, 1.807) is 12.3 Å². The van der Waals surface area contributed by atoms with Crippen LogP contribution in [0.25, 0.3) is 0 Å². The number of nitrogens with zero attached hydrogens (tertiary/aromatic N) is 2. The molecule has 1 aromatic carbocycles. The molecule has 0 fully saturated rings. The third-order valence-electron chi connectivity index (χ3n) is 3.78. The highest BCUT2D eigenvalue weighted by atomic mass is 32.2. The molecule has 1 unspecified atom stereocenters. The third-order valence-corrected chi connectivity index (χ3v) is 5.30. The first-order valence-corrected chi connectivity index (χ1v) is 9.74. The Labute approximate surface area is 141 Å². The molecule has 7 heteroatoms. The maximum Gasteiger partial charge on any atom is 0.169 e. The number of para-hydroxylation sites is 1. The fourth-order valence-electron chi connectivity index (χ4n) is 2.60. The van der Waals surface area contributed by atoms with Crippen LogP contribution in [0.4, 0.5) is 0 Å². The monoisotopic (exact) mass is 348 g/mol. The molecule has 1 aliphatic rings. The number of benzene rings is 1. The summed E-state index contributed by atoms with van der Waals surface area (Å²) in [7, 11) is -3.26. The Morgan fingerprint density at radius 1 is 1.29 bits per heavy atom. The summed E-state index contributed by atoms with van der Waals surface area (Å²) in [6.07, 6.45) is 2.01. The largest absolute Gasteiger partial charge is 0.482 e. The van der Waals surface area contributed by atoms with E-state index in [4.69, 9.17) is 9.47 Å². The van der Waals surface area contributed by atoms with Crippen LogP contribution in [-0.4, -0.2) is 37.4 Å². The molecule has 24 heavy (non-hydrogen) atoms. The molecule has 1 atom stereocenters. The lowest BCUT2D eigenvalue weighted by Crippen LogP contribution is -2.16. The van der Waals surface area contributed by atoms with Gasteiger partial charge < -0.3 is 9.47 Å². The highest BCUT2D eigenvalue weighted by Gasteiger charge is 2.26. The molecule has 0 N–H and O–H groups in total. The molecule has 0 aliphatic carbocycles. The Morgan fingerprint density at radius 3 is 2.92 bits per heavy atom. The van der Waals surface area contributed by atoms with Crippen molar-refractivity contribution in [3.05, 3.63) is 53.6 Å². The fourth-order valence-corrected chi connectivity index (χ4v) is 3.73. The number of rotatable bonds is 7. The molecule has 0 saturated heterocycles. The van der Waals surface area contributed by atoms with Crippen LogP contribution in [0.2, 0.25) is 0 Å². The van der Waals surface area contributed by atoms with Gasteiger partial charge in [0.2, 0.25) is 0 Å². The van der Waals surface area contributed by atoms with Crippen molar-refractivity contribution < 1.29 is 17.9 Å². The van der Waals surface area contributed by atoms with E-state index in [1.807, 2.05) is 31.2 Å². The van der Waals surface area contributed by atoms with Crippen molar-refractivity contribution >= 4 is 9.84 Å². The first-order chi connectivity index (χ1) is 11.6. The maximum atomic E-state index is 12.1. The average Bonchev–Trinajstić information content (AvgIpc) is 2.99. The van der Waals surface area contributed by atoms with E-state index in [-0.39, 0.29) is 24.2 Å². The molecule has 0 spiro atoms. The van der Waals surface area contributed by atoms with Gasteiger partial charge in [0.05, 0.1) is 23.8 Å². The van der Waals surface area contributed by atoms with Crippen molar-refractivity contribution in [3.63, 3.8) is 0 Å². The summed E-state index contributed by atoms with van der Waals surface area (Å²) in [5.41, 5.74) is 1.59. The topological polar surface area (TPSA) is 78.4 Å². The molecular weight excluding hydrogens is 328 g/mol. The highest BCUT2D eigenvalue weighted by molar-refractivity contribution is 7.90. The van der Waals surface area contributed by atoms with E-state index in [9.17, 15) is 8.42 Å². The van der Waals surface area contributed by atoms with Crippen LogP contribution in [0.1, 0.15) is 30.1 Å². The zero-order chi connectivity index (χ0) is 17.0. The first-order valence-electron chi connectivity index (χ1n) is 7.92. The molecule has 0 bridgehead atoms. The number of ether oxygens (including phenoxy) is 2. The van der Waals surface area contributed by atoms with Crippen LogP contribution in [0.5, 0.6) is 5.75 Å². The van der Waals surface area contributed by atoms with Crippen LogP contribution in [0.15, 0.2) is 36.5 Å². The summed E-state index contributed by atoms with van der Waals surface area (Å²) in [4.78, 5) is 8.65. The molecule has 3 rings (SSSR count). The Kier molecular flexibility index (Phi) is 5.11. The molecule has 0 amide bonds. The van der Waals surface area contributed by atoms with Crippen LogP contribution in [0.3, 0.4) is 0 Å². The molecule has 1 aliphatic heterocycles. The molecular formula is C17H20N2O4S. The van der Waals surface area contributed by atoms with Gasteiger partial charge in [-0.25, -0.2) is 18.4 Å². The minimum absolute atomic E-state index is 0.00839. The fraction of sp³-hybridized carbons (Fsp3) is 0.412. The second-order valence-corrected chi connectivity index (χ2v) is 7.80. The summed E-state index contributed by atoms with van der Waals surface area (Å²) in [6.45, 7) is 2.55. The van der Waals surface area contributed by atoms with Crippen molar-refractivity contribution in [2.24, 2.45) is 0 Å². The molecule has 0 saturated carbocycles. The standard InChI is InChI=1S/C17H20N2O4S/c1-2-22-9-10-24(20,21)12-14-7-8-18-17(19-14)16-11-13-5-3-4-6-15(13)23-16/h3-8,16H,2,9-12H2,1H3. The number of hydrogen-bond donors (Lipinski definition) is 0. The summed E-state index contributed by atoms with van der Waals surface area (Å²) in [6, 6.07) is 9.44. The molecule has 6 nitrogen and oxygen atoms in total. The van der Waals surface area contributed by atoms with Gasteiger partial charge in [-0.15, -0.1) is 0 Å². The van der Waals surface area contributed by atoms with Gasteiger partial charge in [0.25, 0.3) is 0 Å². The Morgan fingerprint density at radius 2 is 2.12 bits per heavy atom. The van der Waals surface area contributed by atoms with E-state index in [0.717, 1.165) is 11.3 Å². The smallest absolute Gasteiger partial charge is 0.169 e. The number of fused-ring (bicyclic) bond motifs is 1. The lowest BCUT2D eigenvalue weighted by molar-refractivity contribution is 0.163.